The Labute approximate surface area is 159 Å². The van der Waals surface area contributed by atoms with Crippen molar-refractivity contribution in [3.63, 3.8) is 0 Å². The minimum Gasteiger partial charge on any atom is -0.496 e. The van der Waals surface area contributed by atoms with Gasteiger partial charge in [0.05, 0.1) is 24.2 Å². The van der Waals surface area contributed by atoms with Gasteiger partial charge in [0, 0.05) is 23.4 Å². The molecule has 9 heteroatoms. The van der Waals surface area contributed by atoms with E-state index in [0.717, 1.165) is 0 Å². The summed E-state index contributed by atoms with van der Waals surface area (Å²) in [6, 6.07) is 11.9. The normalized spacial score (nSPS) is 10.6. The van der Waals surface area contributed by atoms with E-state index < -0.39 is 4.92 Å². The van der Waals surface area contributed by atoms with E-state index in [0.29, 0.717) is 46.1 Å². The third-order valence-electron chi connectivity index (χ3n) is 3.65. The number of para-hydroxylation sites is 1. The summed E-state index contributed by atoms with van der Waals surface area (Å²) in [6.07, 6.45) is 0. The largest absolute Gasteiger partial charge is 0.496 e. The topological polar surface area (TPSA) is 101 Å². The second-order valence-electron chi connectivity index (χ2n) is 5.34. The maximum Gasteiger partial charge on any atom is 0.277 e. The molecule has 3 rings (SSSR count). The quantitative estimate of drug-likeness (QED) is 0.319. The summed E-state index contributed by atoms with van der Waals surface area (Å²) in [4.78, 5) is 10.5. The summed E-state index contributed by atoms with van der Waals surface area (Å²) in [5.41, 5.74) is 1.39. The monoisotopic (exact) mass is 387 g/mol. The number of nitro benzene ring substituents is 1. The second-order valence-corrected chi connectivity index (χ2v) is 6.27. The molecule has 2 aromatic carbocycles. The molecule has 0 saturated heterocycles. The van der Waals surface area contributed by atoms with Gasteiger partial charge in [-0.3, -0.25) is 10.1 Å². The lowest BCUT2D eigenvalue weighted by atomic mass is 10.2. The Hall–Kier alpha value is -3.07. The Morgan fingerprint density at radius 3 is 2.74 bits per heavy atom. The highest BCUT2D eigenvalue weighted by molar-refractivity contribution is 7.98. The molecule has 0 atom stereocenters. The number of ether oxygens (including phenoxy) is 2. The lowest BCUT2D eigenvalue weighted by Gasteiger charge is -2.07. The molecular formula is C18H17N3O5S. The molecule has 0 aliphatic rings. The first kappa shape index (κ1) is 18.7. The Morgan fingerprint density at radius 2 is 2.00 bits per heavy atom. The zero-order valence-electron chi connectivity index (χ0n) is 14.7. The molecule has 140 valence electrons. The van der Waals surface area contributed by atoms with Gasteiger partial charge < -0.3 is 13.9 Å². The van der Waals surface area contributed by atoms with Gasteiger partial charge in [-0.2, -0.15) is 0 Å². The molecule has 3 aromatic rings. The lowest BCUT2D eigenvalue weighted by Crippen LogP contribution is -1.94. The van der Waals surface area contributed by atoms with Crippen molar-refractivity contribution in [2.45, 2.75) is 17.9 Å². The second kappa shape index (κ2) is 8.54. The summed E-state index contributed by atoms with van der Waals surface area (Å²) >= 11 is 1.27. The molecule has 0 aliphatic heterocycles. The first-order valence-corrected chi connectivity index (χ1v) is 9.10. The van der Waals surface area contributed by atoms with Crippen LogP contribution in [0, 0.1) is 10.1 Å². The van der Waals surface area contributed by atoms with Crippen LogP contribution in [-0.4, -0.2) is 28.8 Å². The molecule has 0 amide bonds. The van der Waals surface area contributed by atoms with Crippen molar-refractivity contribution in [1.82, 2.24) is 10.2 Å². The Morgan fingerprint density at radius 1 is 1.19 bits per heavy atom. The van der Waals surface area contributed by atoms with Crippen LogP contribution in [0.25, 0.3) is 11.5 Å². The van der Waals surface area contributed by atoms with Crippen LogP contribution in [0.1, 0.15) is 12.5 Å². The molecule has 0 saturated carbocycles. The summed E-state index contributed by atoms with van der Waals surface area (Å²) in [6.45, 7) is 2.43. The number of non-ortho nitro benzene ring substituents is 1. The molecule has 0 aliphatic carbocycles. The van der Waals surface area contributed by atoms with E-state index in [-0.39, 0.29) is 5.69 Å². The number of nitro groups is 1. The average Bonchev–Trinajstić information content (AvgIpc) is 3.15. The third-order valence-corrected chi connectivity index (χ3v) is 4.52. The van der Waals surface area contributed by atoms with Crippen LogP contribution >= 0.6 is 11.8 Å². The van der Waals surface area contributed by atoms with Gasteiger partial charge in [0.1, 0.15) is 11.5 Å². The molecule has 1 aromatic heterocycles. The van der Waals surface area contributed by atoms with Crippen LogP contribution in [0.5, 0.6) is 11.5 Å². The SMILES string of the molecule is CCOc1ccccc1-c1nnc(SCc2cc([N+](=O)[O-])ccc2OC)o1. The van der Waals surface area contributed by atoms with Crippen LogP contribution in [-0.2, 0) is 5.75 Å². The molecule has 0 radical (unpaired) electrons. The number of nitrogens with zero attached hydrogens (tertiary/aromatic N) is 3. The number of benzene rings is 2. The smallest absolute Gasteiger partial charge is 0.277 e. The minimum absolute atomic E-state index is 0.00302. The predicted molar refractivity (Wildman–Crippen MR) is 100 cm³/mol. The highest BCUT2D eigenvalue weighted by atomic mass is 32.2. The standard InChI is InChI=1S/C18H17N3O5S/c1-3-25-16-7-5-4-6-14(16)17-19-20-18(26-17)27-11-12-10-13(21(22)23)8-9-15(12)24-2/h4-10H,3,11H2,1-2H3. The third kappa shape index (κ3) is 4.37. The van der Waals surface area contributed by atoms with Gasteiger partial charge in [0.2, 0.25) is 0 Å². The lowest BCUT2D eigenvalue weighted by molar-refractivity contribution is -0.384. The molecule has 8 nitrogen and oxygen atoms in total. The van der Waals surface area contributed by atoms with E-state index in [1.807, 2.05) is 31.2 Å². The highest BCUT2D eigenvalue weighted by Crippen LogP contribution is 2.33. The van der Waals surface area contributed by atoms with Crippen LogP contribution in [0.4, 0.5) is 5.69 Å². The zero-order chi connectivity index (χ0) is 19.2. The van der Waals surface area contributed by atoms with Crippen LogP contribution in [0.2, 0.25) is 0 Å². The van der Waals surface area contributed by atoms with E-state index in [9.17, 15) is 10.1 Å². The molecule has 0 spiro atoms. The van der Waals surface area contributed by atoms with E-state index >= 15 is 0 Å². The average molecular weight is 387 g/mol. The number of thioether (sulfide) groups is 1. The number of hydrogen-bond acceptors (Lipinski definition) is 8. The minimum atomic E-state index is -0.441. The predicted octanol–water partition coefficient (Wildman–Crippen LogP) is 4.34. The Kier molecular flexibility index (Phi) is 5.92. The zero-order valence-corrected chi connectivity index (χ0v) is 15.6. The Balaban J connectivity index is 1.78. The number of methoxy groups -OCH3 is 1. The maximum atomic E-state index is 11.0. The first-order chi connectivity index (χ1) is 13.1. The van der Waals surface area contributed by atoms with E-state index in [4.69, 9.17) is 13.9 Å². The van der Waals surface area contributed by atoms with Crippen LogP contribution in [0.3, 0.4) is 0 Å². The summed E-state index contributed by atoms with van der Waals surface area (Å²) in [5.74, 6) is 1.97. The molecule has 1 heterocycles. The van der Waals surface area contributed by atoms with Gasteiger partial charge in [-0.1, -0.05) is 23.9 Å². The highest BCUT2D eigenvalue weighted by Gasteiger charge is 2.16. The molecule has 0 N–H and O–H groups in total. The van der Waals surface area contributed by atoms with Gasteiger partial charge in [0.25, 0.3) is 16.8 Å². The van der Waals surface area contributed by atoms with Crippen molar-refractivity contribution in [1.29, 1.82) is 0 Å². The Bertz CT molecular complexity index is 944. The maximum absolute atomic E-state index is 11.0. The fourth-order valence-electron chi connectivity index (χ4n) is 2.43. The van der Waals surface area contributed by atoms with E-state index in [2.05, 4.69) is 10.2 Å². The molecule has 0 fully saturated rings. The van der Waals surface area contributed by atoms with Crippen molar-refractivity contribution < 1.29 is 18.8 Å². The number of rotatable bonds is 8. The molecule has 0 bridgehead atoms. The molecule has 27 heavy (non-hydrogen) atoms. The molecule has 0 unspecified atom stereocenters. The van der Waals surface area contributed by atoms with Crippen LogP contribution in [0.15, 0.2) is 52.1 Å². The van der Waals surface area contributed by atoms with Crippen molar-refractivity contribution in [3.05, 3.63) is 58.1 Å². The summed E-state index contributed by atoms with van der Waals surface area (Å²) in [7, 11) is 1.52. The van der Waals surface area contributed by atoms with Crippen molar-refractivity contribution in [3.8, 4) is 23.0 Å². The van der Waals surface area contributed by atoms with Crippen molar-refractivity contribution in [2.24, 2.45) is 0 Å². The molecular weight excluding hydrogens is 370 g/mol. The summed E-state index contributed by atoms with van der Waals surface area (Å²) < 4.78 is 16.6. The van der Waals surface area contributed by atoms with Gasteiger partial charge in [-0.15, -0.1) is 10.2 Å². The van der Waals surface area contributed by atoms with Gasteiger partial charge in [-0.05, 0) is 25.1 Å². The number of hydrogen-bond donors (Lipinski definition) is 0. The van der Waals surface area contributed by atoms with Gasteiger partial charge in [0.15, 0.2) is 0 Å². The summed E-state index contributed by atoms with van der Waals surface area (Å²) in [5, 5.41) is 19.4. The van der Waals surface area contributed by atoms with Gasteiger partial charge >= 0.3 is 0 Å². The van der Waals surface area contributed by atoms with E-state index in [1.165, 1.54) is 31.0 Å². The van der Waals surface area contributed by atoms with Crippen LogP contribution < -0.4 is 9.47 Å². The fraction of sp³-hybridized carbons (Fsp3) is 0.222. The fourth-order valence-corrected chi connectivity index (χ4v) is 3.17. The van der Waals surface area contributed by atoms with Crippen molar-refractivity contribution in [2.75, 3.05) is 13.7 Å². The number of aromatic nitrogens is 2. The van der Waals surface area contributed by atoms with Gasteiger partial charge in [-0.25, -0.2) is 0 Å². The first-order valence-electron chi connectivity index (χ1n) is 8.12. The van der Waals surface area contributed by atoms with E-state index in [1.54, 1.807) is 6.07 Å². The van der Waals surface area contributed by atoms with Crippen molar-refractivity contribution >= 4 is 17.4 Å².